The fourth-order valence-corrected chi connectivity index (χ4v) is 5.07. The number of sulfonamides is 1. The van der Waals surface area contributed by atoms with Gasteiger partial charge in [-0.05, 0) is 59.7 Å². The molecule has 2 heterocycles. The zero-order chi connectivity index (χ0) is 24.3. The van der Waals surface area contributed by atoms with Crippen molar-refractivity contribution >= 4 is 27.4 Å². The molecule has 1 aliphatic rings. The number of anilines is 2. The number of benzene rings is 2. The molecule has 2 aromatic carbocycles. The fraction of sp³-hybridized carbons (Fsp3) is 0.333. The van der Waals surface area contributed by atoms with Crippen LogP contribution in [0, 0.1) is 0 Å². The maximum Gasteiger partial charge on any atom is 0.337 e. The van der Waals surface area contributed by atoms with E-state index < -0.39 is 22.1 Å². The van der Waals surface area contributed by atoms with Crippen LogP contribution in [-0.4, -0.2) is 73.1 Å². The predicted octanol–water partition coefficient (Wildman–Crippen LogP) is 1.22. The van der Waals surface area contributed by atoms with E-state index in [2.05, 4.69) is 20.2 Å². The average molecular weight is 489 g/mol. The zero-order valence-corrected chi connectivity index (χ0v) is 19.4. The van der Waals surface area contributed by atoms with E-state index in [0.717, 1.165) is 6.42 Å². The van der Waals surface area contributed by atoms with Gasteiger partial charge in [-0.15, -0.1) is 5.10 Å². The third kappa shape index (κ3) is 4.79. The van der Waals surface area contributed by atoms with E-state index in [9.17, 15) is 18.3 Å². The fourth-order valence-electron chi connectivity index (χ4n) is 3.81. The van der Waals surface area contributed by atoms with Gasteiger partial charge in [-0.1, -0.05) is 0 Å². The molecule has 1 aliphatic heterocycles. The van der Waals surface area contributed by atoms with E-state index in [-0.39, 0.29) is 21.9 Å². The van der Waals surface area contributed by atoms with Crippen molar-refractivity contribution in [2.75, 3.05) is 36.9 Å². The van der Waals surface area contributed by atoms with Gasteiger partial charge in [-0.2, -0.15) is 0 Å². The second-order valence-electron chi connectivity index (χ2n) is 7.66. The summed E-state index contributed by atoms with van der Waals surface area (Å²) in [5.74, 6) is -0.616. The summed E-state index contributed by atoms with van der Waals surface area (Å²) < 4.78 is 40.9. The molecule has 0 spiro atoms. The number of carbonyl (C=O) groups excluding carboxylic acids is 1. The average Bonchev–Trinajstić information content (AvgIpc) is 3.38. The Labute approximate surface area is 196 Å². The normalized spacial score (nSPS) is 16.2. The summed E-state index contributed by atoms with van der Waals surface area (Å²) >= 11 is 0. The highest BCUT2D eigenvalue weighted by atomic mass is 32.2. The smallest absolute Gasteiger partial charge is 0.337 e. The van der Waals surface area contributed by atoms with Crippen molar-refractivity contribution in [3.05, 3.63) is 48.3 Å². The van der Waals surface area contributed by atoms with Crippen molar-refractivity contribution < 1.29 is 27.8 Å². The Bertz CT molecular complexity index is 1280. The summed E-state index contributed by atoms with van der Waals surface area (Å²) in [6.45, 7) is 1.01. The number of piperidine rings is 1. The number of aromatic nitrogens is 4. The summed E-state index contributed by atoms with van der Waals surface area (Å²) in [4.78, 5) is 13.7. The first-order chi connectivity index (χ1) is 16.3. The van der Waals surface area contributed by atoms with E-state index >= 15 is 0 Å². The third-order valence-corrected chi connectivity index (χ3v) is 6.84. The Kier molecular flexibility index (Phi) is 6.65. The van der Waals surface area contributed by atoms with Crippen LogP contribution in [0.5, 0.6) is 5.75 Å². The molecule has 0 aliphatic carbocycles. The molecule has 0 saturated carbocycles. The first-order valence-electron chi connectivity index (χ1n) is 10.4. The molecule has 1 atom stereocenters. The molecule has 1 saturated heterocycles. The second-order valence-corrected chi connectivity index (χ2v) is 9.31. The molecule has 180 valence electrons. The van der Waals surface area contributed by atoms with Crippen LogP contribution in [0.4, 0.5) is 11.4 Å². The number of ether oxygens (including phenoxy) is 2. The van der Waals surface area contributed by atoms with Crippen LogP contribution in [0.2, 0.25) is 0 Å². The number of aliphatic hydroxyl groups excluding tert-OH is 1. The van der Waals surface area contributed by atoms with E-state index in [1.54, 1.807) is 18.2 Å². The number of hydrogen-bond acceptors (Lipinski definition) is 10. The van der Waals surface area contributed by atoms with E-state index in [1.807, 2.05) is 4.90 Å². The largest absolute Gasteiger partial charge is 0.495 e. The number of methoxy groups -OCH3 is 2. The van der Waals surface area contributed by atoms with Crippen LogP contribution in [0.1, 0.15) is 23.2 Å². The molecule has 2 N–H and O–H groups in total. The molecule has 0 amide bonds. The Morgan fingerprint density at radius 2 is 2.03 bits per heavy atom. The summed E-state index contributed by atoms with van der Waals surface area (Å²) in [5.41, 5.74) is 1.43. The lowest BCUT2D eigenvalue weighted by Gasteiger charge is -2.33. The molecular weight excluding hydrogens is 464 g/mol. The first kappa shape index (κ1) is 23.4. The molecule has 34 heavy (non-hydrogen) atoms. The van der Waals surface area contributed by atoms with Gasteiger partial charge >= 0.3 is 5.97 Å². The number of nitrogens with one attached hydrogen (secondary N) is 1. The maximum absolute atomic E-state index is 13.5. The molecule has 13 heteroatoms. The van der Waals surface area contributed by atoms with Crippen molar-refractivity contribution in [1.82, 2.24) is 20.2 Å². The van der Waals surface area contributed by atoms with Crippen LogP contribution < -0.4 is 14.4 Å². The van der Waals surface area contributed by atoms with Gasteiger partial charge in [-0.3, -0.25) is 4.72 Å². The van der Waals surface area contributed by atoms with Crippen LogP contribution in [0.25, 0.3) is 5.69 Å². The van der Waals surface area contributed by atoms with Crippen molar-refractivity contribution in [1.29, 1.82) is 0 Å². The topological polar surface area (TPSA) is 149 Å². The number of nitrogens with zero attached hydrogens (tertiary/aromatic N) is 5. The van der Waals surface area contributed by atoms with Gasteiger partial charge in [0.25, 0.3) is 10.0 Å². The van der Waals surface area contributed by atoms with Crippen LogP contribution in [0.15, 0.2) is 47.6 Å². The number of tetrazole rings is 1. The monoisotopic (exact) mass is 488 g/mol. The molecule has 3 aromatic rings. The van der Waals surface area contributed by atoms with Crippen molar-refractivity contribution in [2.45, 2.75) is 23.8 Å². The lowest BCUT2D eigenvalue weighted by Crippen LogP contribution is -2.38. The SMILES string of the molecule is COC(=O)c1ccc(OC)c(S(=O)(=O)Nc2cc(-n3cnnn3)ccc2N2CCCC(O)C2)c1. The summed E-state index contributed by atoms with van der Waals surface area (Å²) in [6.07, 6.45) is 2.31. The number of hydrogen-bond donors (Lipinski definition) is 2. The van der Waals surface area contributed by atoms with Gasteiger partial charge in [0, 0.05) is 13.1 Å². The number of esters is 1. The maximum atomic E-state index is 13.5. The third-order valence-electron chi connectivity index (χ3n) is 5.45. The Hall–Kier alpha value is -3.71. The minimum Gasteiger partial charge on any atom is -0.495 e. The molecule has 0 bridgehead atoms. The quantitative estimate of drug-likeness (QED) is 0.465. The second kappa shape index (κ2) is 9.65. The van der Waals surface area contributed by atoms with Crippen molar-refractivity contribution in [3.8, 4) is 11.4 Å². The van der Waals surface area contributed by atoms with Crippen molar-refractivity contribution in [3.63, 3.8) is 0 Å². The lowest BCUT2D eigenvalue weighted by molar-refractivity contribution is 0.0600. The zero-order valence-electron chi connectivity index (χ0n) is 18.6. The van der Waals surface area contributed by atoms with E-state index in [0.29, 0.717) is 30.9 Å². The Morgan fingerprint density at radius 3 is 2.71 bits per heavy atom. The molecule has 12 nitrogen and oxygen atoms in total. The lowest BCUT2D eigenvalue weighted by atomic mass is 10.1. The highest BCUT2D eigenvalue weighted by molar-refractivity contribution is 7.92. The van der Waals surface area contributed by atoms with Gasteiger partial charge in [0.1, 0.15) is 17.0 Å². The minimum absolute atomic E-state index is 0.0606. The Morgan fingerprint density at radius 1 is 1.21 bits per heavy atom. The van der Waals surface area contributed by atoms with Crippen LogP contribution >= 0.6 is 0 Å². The number of aliphatic hydroxyl groups is 1. The molecular formula is C21H24N6O6S. The van der Waals surface area contributed by atoms with Crippen molar-refractivity contribution in [2.24, 2.45) is 0 Å². The summed E-state index contributed by atoms with van der Waals surface area (Å²) in [5, 5.41) is 21.2. The summed E-state index contributed by atoms with van der Waals surface area (Å²) in [7, 11) is -1.66. The molecule has 1 fully saturated rings. The van der Waals surface area contributed by atoms with E-state index in [1.165, 1.54) is 43.4 Å². The van der Waals surface area contributed by atoms with Gasteiger partial charge < -0.3 is 19.5 Å². The molecule has 1 aromatic heterocycles. The summed E-state index contributed by atoms with van der Waals surface area (Å²) in [6, 6.07) is 9.10. The standard InChI is InChI=1S/C21H24N6O6S/c1-32-19-8-5-14(21(29)33-2)10-20(19)34(30,31)23-17-11-15(27-13-22-24-25-27)6-7-18(17)26-9-3-4-16(28)12-26/h5-8,10-11,13,16,23,28H,3-4,9,12H2,1-2H3. The van der Waals surface area contributed by atoms with Gasteiger partial charge in [0.05, 0.1) is 42.9 Å². The number of β-amino-alcohol motifs (C(OH)–C–C–N with tert-alkyl or cyclic N) is 1. The minimum atomic E-state index is -4.21. The van der Waals surface area contributed by atoms with Crippen LogP contribution in [0.3, 0.4) is 0 Å². The first-order valence-corrected chi connectivity index (χ1v) is 11.9. The van der Waals surface area contributed by atoms with Crippen LogP contribution in [-0.2, 0) is 14.8 Å². The number of rotatable bonds is 7. The molecule has 1 unspecified atom stereocenters. The van der Waals surface area contributed by atoms with Gasteiger partial charge in [-0.25, -0.2) is 17.9 Å². The highest BCUT2D eigenvalue weighted by Crippen LogP contribution is 2.34. The predicted molar refractivity (Wildman–Crippen MR) is 122 cm³/mol. The molecule has 0 radical (unpaired) electrons. The number of carbonyl (C=O) groups is 1. The molecule has 4 rings (SSSR count). The van der Waals surface area contributed by atoms with Gasteiger partial charge in [0.15, 0.2) is 0 Å². The Balaban J connectivity index is 1.78. The van der Waals surface area contributed by atoms with Gasteiger partial charge in [0.2, 0.25) is 0 Å². The highest BCUT2D eigenvalue weighted by Gasteiger charge is 2.26. The van der Waals surface area contributed by atoms with E-state index in [4.69, 9.17) is 9.47 Å².